The molecule has 0 radical (unpaired) electrons. The molecule has 0 fully saturated rings. The zero-order valence-electron chi connectivity index (χ0n) is 10.7. The van der Waals surface area contributed by atoms with Crippen molar-refractivity contribution in [3.63, 3.8) is 0 Å². The SMILES string of the molecule is O=C(O)C(=O)/C=C/c1ccc2c(c1)Cc1ccccc1-2. The number of rotatable bonds is 3. The van der Waals surface area contributed by atoms with Crippen LogP contribution in [-0.4, -0.2) is 16.9 Å². The standard InChI is InChI=1S/C17H12O3/c18-16(17(19)20)8-6-11-5-7-15-13(9-11)10-12-3-1-2-4-14(12)15/h1-9H,10H2,(H,19,20)/b8-6+. The van der Waals surface area contributed by atoms with Crippen molar-refractivity contribution in [2.75, 3.05) is 0 Å². The van der Waals surface area contributed by atoms with Crippen molar-refractivity contribution in [1.82, 2.24) is 0 Å². The fraction of sp³-hybridized carbons (Fsp3) is 0.0588. The maximum atomic E-state index is 11.0. The third-order valence-corrected chi connectivity index (χ3v) is 3.46. The molecule has 0 saturated heterocycles. The number of hydrogen-bond donors (Lipinski definition) is 1. The highest BCUT2D eigenvalue weighted by molar-refractivity contribution is 6.38. The molecule has 1 aliphatic rings. The van der Waals surface area contributed by atoms with Crippen LogP contribution in [-0.2, 0) is 16.0 Å². The summed E-state index contributed by atoms with van der Waals surface area (Å²) in [6, 6.07) is 14.2. The molecular formula is C17H12O3. The first kappa shape index (κ1) is 12.4. The van der Waals surface area contributed by atoms with Crippen LogP contribution < -0.4 is 0 Å². The van der Waals surface area contributed by atoms with E-state index in [0.29, 0.717) is 0 Å². The summed E-state index contributed by atoms with van der Waals surface area (Å²) in [5, 5.41) is 8.53. The molecule has 1 aliphatic carbocycles. The van der Waals surface area contributed by atoms with E-state index in [9.17, 15) is 9.59 Å². The first-order chi connectivity index (χ1) is 9.65. The zero-order valence-corrected chi connectivity index (χ0v) is 10.7. The van der Waals surface area contributed by atoms with Crippen molar-refractivity contribution < 1.29 is 14.7 Å². The number of aliphatic carboxylic acids is 1. The van der Waals surface area contributed by atoms with Crippen molar-refractivity contribution in [2.45, 2.75) is 6.42 Å². The highest BCUT2D eigenvalue weighted by atomic mass is 16.4. The minimum atomic E-state index is -1.44. The minimum Gasteiger partial charge on any atom is -0.475 e. The Morgan fingerprint density at radius 2 is 1.75 bits per heavy atom. The maximum absolute atomic E-state index is 11.0. The topological polar surface area (TPSA) is 54.4 Å². The highest BCUT2D eigenvalue weighted by Crippen LogP contribution is 2.36. The molecule has 0 bridgehead atoms. The van der Waals surface area contributed by atoms with Gasteiger partial charge >= 0.3 is 5.97 Å². The van der Waals surface area contributed by atoms with Crippen LogP contribution in [0.2, 0.25) is 0 Å². The Balaban J connectivity index is 1.91. The Morgan fingerprint density at radius 1 is 1.00 bits per heavy atom. The molecule has 2 aromatic carbocycles. The Bertz CT molecular complexity index is 742. The molecule has 0 heterocycles. The van der Waals surface area contributed by atoms with Crippen LogP contribution in [0.3, 0.4) is 0 Å². The summed E-state index contributed by atoms with van der Waals surface area (Å²) in [5.74, 6) is -2.34. The lowest BCUT2D eigenvalue weighted by molar-refractivity contribution is -0.146. The van der Waals surface area contributed by atoms with Crippen molar-refractivity contribution in [1.29, 1.82) is 0 Å². The monoisotopic (exact) mass is 264 g/mol. The maximum Gasteiger partial charge on any atom is 0.376 e. The lowest BCUT2D eigenvalue weighted by atomic mass is 10.0. The number of carboxylic acids is 1. The molecular weight excluding hydrogens is 252 g/mol. The van der Waals surface area contributed by atoms with Crippen molar-refractivity contribution in [3.05, 3.63) is 65.2 Å². The second-order valence-electron chi connectivity index (χ2n) is 4.75. The van der Waals surface area contributed by atoms with E-state index in [1.165, 1.54) is 22.3 Å². The molecule has 1 N–H and O–H groups in total. The summed E-state index contributed by atoms with van der Waals surface area (Å²) in [4.78, 5) is 21.5. The predicted molar refractivity (Wildman–Crippen MR) is 76.4 cm³/mol. The van der Waals surface area contributed by atoms with Gasteiger partial charge in [0, 0.05) is 0 Å². The van der Waals surface area contributed by atoms with Crippen LogP contribution in [0.1, 0.15) is 16.7 Å². The average molecular weight is 264 g/mol. The molecule has 3 nitrogen and oxygen atoms in total. The molecule has 0 unspecified atom stereocenters. The van der Waals surface area contributed by atoms with Crippen LogP contribution in [0.25, 0.3) is 17.2 Å². The number of carboxylic acid groups (broad SMARTS) is 1. The van der Waals surface area contributed by atoms with E-state index in [2.05, 4.69) is 12.1 Å². The smallest absolute Gasteiger partial charge is 0.376 e. The molecule has 0 atom stereocenters. The van der Waals surface area contributed by atoms with E-state index in [1.807, 2.05) is 30.3 Å². The number of ketones is 1. The predicted octanol–water partition coefficient (Wildman–Crippen LogP) is 2.92. The van der Waals surface area contributed by atoms with E-state index in [1.54, 1.807) is 6.08 Å². The van der Waals surface area contributed by atoms with Gasteiger partial charge in [0.2, 0.25) is 0 Å². The van der Waals surface area contributed by atoms with Crippen LogP contribution in [0.5, 0.6) is 0 Å². The first-order valence-electron chi connectivity index (χ1n) is 6.32. The van der Waals surface area contributed by atoms with E-state index < -0.39 is 11.8 Å². The lowest BCUT2D eigenvalue weighted by Gasteiger charge is -2.01. The highest BCUT2D eigenvalue weighted by Gasteiger charge is 2.17. The van der Waals surface area contributed by atoms with E-state index in [-0.39, 0.29) is 0 Å². The third-order valence-electron chi connectivity index (χ3n) is 3.46. The van der Waals surface area contributed by atoms with Crippen molar-refractivity contribution in [2.24, 2.45) is 0 Å². The quantitative estimate of drug-likeness (QED) is 0.584. The molecule has 0 aromatic heterocycles. The molecule has 0 amide bonds. The number of hydrogen-bond acceptors (Lipinski definition) is 2. The van der Waals surface area contributed by atoms with Gasteiger partial charge in [-0.05, 0) is 40.3 Å². The van der Waals surface area contributed by atoms with Crippen molar-refractivity contribution >= 4 is 17.8 Å². The molecule has 20 heavy (non-hydrogen) atoms. The fourth-order valence-electron chi connectivity index (χ4n) is 2.51. The first-order valence-corrected chi connectivity index (χ1v) is 6.32. The molecule has 2 aromatic rings. The van der Waals surface area contributed by atoms with Gasteiger partial charge in [0.25, 0.3) is 5.78 Å². The van der Waals surface area contributed by atoms with Crippen molar-refractivity contribution in [3.8, 4) is 11.1 Å². The number of benzene rings is 2. The van der Waals surface area contributed by atoms with Gasteiger partial charge in [0.1, 0.15) is 0 Å². The summed E-state index contributed by atoms with van der Waals surface area (Å²) in [5.41, 5.74) is 5.80. The van der Waals surface area contributed by atoms with Gasteiger partial charge in [0.15, 0.2) is 0 Å². The van der Waals surface area contributed by atoms with Crippen LogP contribution in [0.15, 0.2) is 48.5 Å². The second kappa shape index (κ2) is 4.78. The molecule has 3 rings (SSSR count). The summed E-state index contributed by atoms with van der Waals surface area (Å²) in [6.45, 7) is 0. The van der Waals surface area contributed by atoms with E-state index in [0.717, 1.165) is 18.1 Å². The Kier molecular flexibility index (Phi) is 2.95. The van der Waals surface area contributed by atoms with E-state index >= 15 is 0 Å². The molecule has 0 spiro atoms. The largest absolute Gasteiger partial charge is 0.475 e. The summed E-state index contributed by atoms with van der Waals surface area (Å²) >= 11 is 0. The van der Waals surface area contributed by atoms with Crippen LogP contribution in [0.4, 0.5) is 0 Å². The Labute approximate surface area is 116 Å². The molecule has 0 aliphatic heterocycles. The summed E-state index contributed by atoms with van der Waals surface area (Å²) in [6.07, 6.45) is 3.51. The van der Waals surface area contributed by atoms with Crippen LogP contribution in [0, 0.1) is 0 Å². The van der Waals surface area contributed by atoms with Gasteiger partial charge < -0.3 is 5.11 Å². The Hall–Kier alpha value is -2.68. The van der Waals surface area contributed by atoms with E-state index in [4.69, 9.17) is 5.11 Å². The summed E-state index contributed by atoms with van der Waals surface area (Å²) in [7, 11) is 0. The number of fused-ring (bicyclic) bond motifs is 3. The molecule has 0 saturated carbocycles. The number of carbonyl (C=O) groups excluding carboxylic acids is 1. The van der Waals surface area contributed by atoms with Crippen LogP contribution >= 0.6 is 0 Å². The molecule has 3 heteroatoms. The minimum absolute atomic E-state index is 0.839. The van der Waals surface area contributed by atoms with Gasteiger partial charge in [-0.1, -0.05) is 48.5 Å². The fourth-order valence-corrected chi connectivity index (χ4v) is 2.51. The summed E-state index contributed by atoms with van der Waals surface area (Å²) < 4.78 is 0. The number of carbonyl (C=O) groups is 2. The van der Waals surface area contributed by atoms with Gasteiger partial charge in [-0.25, -0.2) is 4.79 Å². The third kappa shape index (κ3) is 2.14. The Morgan fingerprint density at radius 3 is 2.55 bits per heavy atom. The van der Waals surface area contributed by atoms with Gasteiger partial charge in [-0.2, -0.15) is 0 Å². The average Bonchev–Trinajstić information content (AvgIpc) is 2.82. The van der Waals surface area contributed by atoms with Gasteiger partial charge in [-0.15, -0.1) is 0 Å². The normalized spacial score (nSPS) is 12.2. The van der Waals surface area contributed by atoms with Gasteiger partial charge in [0.05, 0.1) is 0 Å². The lowest BCUT2D eigenvalue weighted by Crippen LogP contribution is -2.08. The van der Waals surface area contributed by atoms with Gasteiger partial charge in [-0.3, -0.25) is 4.79 Å². The zero-order chi connectivity index (χ0) is 14.1. The molecule has 98 valence electrons. The second-order valence-corrected chi connectivity index (χ2v) is 4.75.